The zero-order valence-electron chi connectivity index (χ0n) is 7.11. The van der Waals surface area contributed by atoms with Crippen molar-refractivity contribution in [2.24, 2.45) is 0 Å². The van der Waals surface area contributed by atoms with Crippen LogP contribution in [0.4, 0.5) is 0 Å². The summed E-state index contributed by atoms with van der Waals surface area (Å²) in [6.07, 6.45) is 0.546. The predicted molar refractivity (Wildman–Crippen MR) is 43.2 cm³/mol. The van der Waals surface area contributed by atoms with Crippen LogP contribution in [0, 0.1) is 0 Å². The Morgan fingerprint density at radius 3 is 2.00 bits per heavy atom. The number of hydrogen-bond donors (Lipinski definition) is 0. The summed E-state index contributed by atoms with van der Waals surface area (Å²) in [4.78, 5) is 0. The zero-order chi connectivity index (χ0) is 8.23. The largest absolute Gasteiger partial charge is 0.379 e. The number of fused-ring (bicyclic) bond motifs is 1. The molecule has 2 radical (unpaired) electrons. The Hall–Kier alpha value is -0.160. The van der Waals surface area contributed by atoms with Crippen LogP contribution in [0.2, 0.25) is 0 Å². The Labute approximate surface area is 72.6 Å². The molecule has 3 heterocycles. The molecule has 0 aromatic carbocycles. The molecule has 2 atom stereocenters. The Bertz CT molecular complexity index is 110. The summed E-state index contributed by atoms with van der Waals surface area (Å²) >= 11 is 0. The normalized spacial score (nSPS) is 38.0. The van der Waals surface area contributed by atoms with Gasteiger partial charge in [-0.1, -0.05) is 0 Å². The highest BCUT2D eigenvalue weighted by Crippen LogP contribution is 2.20. The molecule has 2 unspecified atom stereocenters. The lowest BCUT2D eigenvalue weighted by atomic mass is 9.99. The van der Waals surface area contributed by atoms with Gasteiger partial charge in [0.15, 0.2) is 0 Å². The van der Waals surface area contributed by atoms with E-state index in [0.29, 0.717) is 12.1 Å². The number of rotatable bonds is 0. The number of morpholine rings is 2. The van der Waals surface area contributed by atoms with Crippen molar-refractivity contribution >= 4 is 0 Å². The second-order valence-electron chi connectivity index (χ2n) is 3.09. The minimum absolute atomic E-state index is 0.546. The van der Waals surface area contributed by atoms with Crippen molar-refractivity contribution in [1.82, 2.24) is 10.6 Å². The molecule has 4 nitrogen and oxygen atoms in total. The van der Waals surface area contributed by atoms with Crippen LogP contribution in [-0.4, -0.2) is 51.6 Å². The zero-order valence-corrected chi connectivity index (χ0v) is 7.11. The minimum atomic E-state index is 0.546. The van der Waals surface area contributed by atoms with Gasteiger partial charge in [-0.3, -0.25) is 0 Å². The standard InChI is InChI=1S/C4H6NO.C4H8NO/c1-4-3(5-1)2-6-4;1-3-6-4-2-5-1/h3-4H,1-2H2;1-4H2. The molecule has 3 fully saturated rings. The molecule has 3 rings (SSSR count). The third kappa shape index (κ3) is 1.95. The Morgan fingerprint density at radius 1 is 1.17 bits per heavy atom. The third-order valence-electron chi connectivity index (χ3n) is 2.22. The SMILES string of the molecule is C1COCC[N]1.C1OC2C[N]C12. The van der Waals surface area contributed by atoms with Gasteiger partial charge in [-0.05, 0) is 0 Å². The van der Waals surface area contributed by atoms with Gasteiger partial charge in [0.2, 0.25) is 0 Å². The van der Waals surface area contributed by atoms with E-state index >= 15 is 0 Å². The van der Waals surface area contributed by atoms with E-state index in [1.165, 1.54) is 0 Å². The van der Waals surface area contributed by atoms with Crippen molar-refractivity contribution in [2.45, 2.75) is 12.1 Å². The van der Waals surface area contributed by atoms with Crippen LogP contribution in [0.3, 0.4) is 0 Å². The molecule has 12 heavy (non-hydrogen) atoms. The molecule has 0 aromatic heterocycles. The van der Waals surface area contributed by atoms with Crippen LogP contribution in [0.5, 0.6) is 0 Å². The van der Waals surface area contributed by atoms with Crippen molar-refractivity contribution < 1.29 is 9.47 Å². The minimum Gasteiger partial charge on any atom is -0.379 e. The van der Waals surface area contributed by atoms with Crippen LogP contribution < -0.4 is 10.6 Å². The summed E-state index contributed by atoms with van der Waals surface area (Å²) in [7, 11) is 0. The molecule has 0 saturated carbocycles. The van der Waals surface area contributed by atoms with Crippen LogP contribution in [-0.2, 0) is 9.47 Å². The summed E-state index contributed by atoms with van der Waals surface area (Å²) in [5, 5.41) is 8.16. The van der Waals surface area contributed by atoms with Crippen LogP contribution in [0.25, 0.3) is 0 Å². The Balaban J connectivity index is 0.0000000939. The molecule has 0 amide bonds. The fourth-order valence-corrected chi connectivity index (χ4v) is 1.24. The topological polar surface area (TPSA) is 46.7 Å². The van der Waals surface area contributed by atoms with Gasteiger partial charge in [-0.25, -0.2) is 10.6 Å². The summed E-state index contributed by atoms with van der Waals surface area (Å²) in [6.45, 7) is 5.33. The molecule has 3 aliphatic heterocycles. The molecule has 0 aromatic rings. The van der Waals surface area contributed by atoms with E-state index in [-0.39, 0.29) is 0 Å². The van der Waals surface area contributed by atoms with Crippen molar-refractivity contribution in [1.29, 1.82) is 0 Å². The van der Waals surface area contributed by atoms with Gasteiger partial charge in [-0.15, -0.1) is 0 Å². The maximum absolute atomic E-state index is 5.04. The first-order chi connectivity index (χ1) is 5.97. The van der Waals surface area contributed by atoms with E-state index in [1.807, 2.05) is 0 Å². The van der Waals surface area contributed by atoms with Crippen LogP contribution in [0.15, 0.2) is 0 Å². The van der Waals surface area contributed by atoms with E-state index in [2.05, 4.69) is 10.6 Å². The van der Waals surface area contributed by atoms with Crippen LogP contribution in [0.1, 0.15) is 0 Å². The molecule has 3 aliphatic rings. The van der Waals surface area contributed by atoms with Crippen molar-refractivity contribution in [3.63, 3.8) is 0 Å². The maximum atomic E-state index is 5.04. The summed E-state index contributed by atoms with van der Waals surface area (Å²) in [5.74, 6) is 0. The maximum Gasteiger partial charge on any atom is 0.0908 e. The lowest BCUT2D eigenvalue weighted by Gasteiger charge is -2.44. The van der Waals surface area contributed by atoms with Gasteiger partial charge < -0.3 is 9.47 Å². The fourth-order valence-electron chi connectivity index (χ4n) is 1.24. The van der Waals surface area contributed by atoms with Gasteiger partial charge in [0.1, 0.15) is 0 Å². The molecule has 0 spiro atoms. The number of ether oxygens (including phenoxy) is 2. The first kappa shape index (κ1) is 8.44. The first-order valence-electron chi connectivity index (χ1n) is 4.46. The van der Waals surface area contributed by atoms with E-state index in [4.69, 9.17) is 9.47 Å². The predicted octanol–water partition coefficient (Wildman–Crippen LogP) is -1.01. The molecular weight excluding hydrogens is 156 g/mol. The lowest BCUT2D eigenvalue weighted by Crippen LogP contribution is -2.64. The highest BCUT2D eigenvalue weighted by atomic mass is 16.5. The number of hydrogen-bond acceptors (Lipinski definition) is 2. The smallest absolute Gasteiger partial charge is 0.0908 e. The molecule has 68 valence electrons. The van der Waals surface area contributed by atoms with E-state index in [9.17, 15) is 0 Å². The monoisotopic (exact) mass is 170 g/mol. The van der Waals surface area contributed by atoms with Crippen molar-refractivity contribution in [2.75, 3.05) is 39.5 Å². The quantitative estimate of drug-likeness (QED) is 0.468. The number of nitrogens with zero attached hydrogens (tertiary/aromatic N) is 2. The molecule has 0 bridgehead atoms. The molecule has 4 heteroatoms. The van der Waals surface area contributed by atoms with E-state index in [0.717, 1.165) is 39.5 Å². The first-order valence-corrected chi connectivity index (χ1v) is 4.46. The van der Waals surface area contributed by atoms with E-state index < -0.39 is 0 Å². The molecule has 3 saturated heterocycles. The van der Waals surface area contributed by atoms with Gasteiger partial charge in [0.25, 0.3) is 0 Å². The van der Waals surface area contributed by atoms with Crippen molar-refractivity contribution in [3.8, 4) is 0 Å². The lowest BCUT2D eigenvalue weighted by molar-refractivity contribution is -0.138. The second-order valence-corrected chi connectivity index (χ2v) is 3.09. The van der Waals surface area contributed by atoms with Gasteiger partial charge in [0, 0.05) is 19.6 Å². The Morgan fingerprint density at radius 2 is 1.92 bits per heavy atom. The van der Waals surface area contributed by atoms with E-state index in [1.54, 1.807) is 0 Å². The van der Waals surface area contributed by atoms with Gasteiger partial charge >= 0.3 is 0 Å². The third-order valence-corrected chi connectivity index (χ3v) is 2.22. The average Bonchev–Trinajstić information content (AvgIpc) is 2.15. The molecule has 0 N–H and O–H groups in total. The molecule has 0 aliphatic carbocycles. The fraction of sp³-hybridized carbons (Fsp3) is 1.00. The van der Waals surface area contributed by atoms with Gasteiger partial charge in [0.05, 0.1) is 32.0 Å². The van der Waals surface area contributed by atoms with Crippen molar-refractivity contribution in [3.05, 3.63) is 0 Å². The molecular formula is C8H14N2O2. The van der Waals surface area contributed by atoms with Gasteiger partial charge in [-0.2, -0.15) is 0 Å². The summed E-state index contributed by atoms with van der Waals surface area (Å²) < 4.78 is 10.0. The summed E-state index contributed by atoms with van der Waals surface area (Å²) in [5.41, 5.74) is 0. The summed E-state index contributed by atoms with van der Waals surface area (Å²) in [6, 6.07) is 0.616. The highest BCUT2D eigenvalue weighted by Gasteiger charge is 2.40. The Kier molecular flexibility index (Phi) is 2.94. The average molecular weight is 170 g/mol. The highest BCUT2D eigenvalue weighted by molar-refractivity contribution is 4.95. The van der Waals surface area contributed by atoms with Crippen LogP contribution >= 0.6 is 0 Å². The second kappa shape index (κ2) is 4.18.